The van der Waals surface area contributed by atoms with E-state index in [1.807, 2.05) is 4.90 Å². The highest BCUT2D eigenvalue weighted by Gasteiger charge is 2.24. The van der Waals surface area contributed by atoms with Gasteiger partial charge < -0.3 is 10.2 Å². The van der Waals surface area contributed by atoms with Crippen molar-refractivity contribution in [2.45, 2.75) is 65.5 Å². The van der Waals surface area contributed by atoms with Crippen LogP contribution in [0.4, 0.5) is 8.78 Å². The second-order valence-corrected chi connectivity index (χ2v) is 7.32. The zero-order chi connectivity index (χ0) is 19.3. The average Bonchev–Trinajstić information content (AvgIpc) is 2.83. The van der Waals surface area contributed by atoms with Gasteiger partial charge in [-0.2, -0.15) is 5.10 Å². The molecule has 0 aliphatic carbocycles. The van der Waals surface area contributed by atoms with Gasteiger partial charge in [-0.3, -0.25) is 14.3 Å². The third kappa shape index (κ3) is 5.78. The van der Waals surface area contributed by atoms with Crippen LogP contribution in [0.15, 0.2) is 6.07 Å². The lowest BCUT2D eigenvalue weighted by Crippen LogP contribution is -2.38. The van der Waals surface area contributed by atoms with Crippen molar-refractivity contribution < 1.29 is 18.4 Å². The Hall–Kier alpha value is -1.99. The van der Waals surface area contributed by atoms with Crippen molar-refractivity contribution in [3.8, 4) is 0 Å². The summed E-state index contributed by atoms with van der Waals surface area (Å²) in [6, 6.07) is 1.20. The smallest absolute Gasteiger partial charge is 0.282 e. The molecule has 1 saturated heterocycles. The maximum absolute atomic E-state index is 12.7. The van der Waals surface area contributed by atoms with Gasteiger partial charge in [-0.25, -0.2) is 8.78 Å². The summed E-state index contributed by atoms with van der Waals surface area (Å²) in [7, 11) is 0. The van der Waals surface area contributed by atoms with Gasteiger partial charge in [0.1, 0.15) is 12.2 Å². The minimum absolute atomic E-state index is 0.0825. The minimum Gasteiger partial charge on any atom is -0.352 e. The molecule has 1 unspecified atom stereocenters. The first-order chi connectivity index (χ1) is 12.3. The van der Waals surface area contributed by atoms with Crippen LogP contribution in [0.1, 0.15) is 57.3 Å². The van der Waals surface area contributed by atoms with Crippen LogP contribution in [0.25, 0.3) is 0 Å². The summed E-state index contributed by atoms with van der Waals surface area (Å²) < 4.78 is 26.7. The van der Waals surface area contributed by atoms with Crippen molar-refractivity contribution in [3.63, 3.8) is 0 Å². The number of nitrogens with one attached hydrogen (secondary N) is 1. The molecule has 146 valence electrons. The van der Waals surface area contributed by atoms with Gasteiger partial charge in [0.25, 0.3) is 6.43 Å². The predicted molar refractivity (Wildman–Crippen MR) is 93.7 cm³/mol. The Balaban J connectivity index is 1.86. The van der Waals surface area contributed by atoms with Crippen LogP contribution in [0.2, 0.25) is 0 Å². The summed E-state index contributed by atoms with van der Waals surface area (Å²) in [6.07, 6.45) is 0.0365. The van der Waals surface area contributed by atoms with Gasteiger partial charge in [-0.05, 0) is 38.2 Å². The molecule has 0 saturated carbocycles. The number of amides is 2. The van der Waals surface area contributed by atoms with Gasteiger partial charge in [-0.15, -0.1) is 0 Å². The van der Waals surface area contributed by atoms with Crippen LogP contribution in [0, 0.1) is 12.8 Å². The van der Waals surface area contributed by atoms with E-state index in [4.69, 9.17) is 0 Å². The third-order valence-corrected chi connectivity index (χ3v) is 4.67. The number of hydrogen-bond donors (Lipinski definition) is 1. The number of rotatable bonds is 7. The summed E-state index contributed by atoms with van der Waals surface area (Å²) in [5, 5.41) is 6.68. The molecule has 2 heterocycles. The fraction of sp³-hybridized carbons (Fsp3) is 0.722. The lowest BCUT2D eigenvalue weighted by atomic mass is 10.1. The molecule has 1 aromatic rings. The Kier molecular flexibility index (Phi) is 7.11. The quantitative estimate of drug-likeness (QED) is 0.802. The molecule has 26 heavy (non-hydrogen) atoms. The number of nitrogens with zero attached hydrogens (tertiary/aromatic N) is 3. The maximum atomic E-state index is 12.7. The second kappa shape index (κ2) is 9.09. The monoisotopic (exact) mass is 370 g/mol. The predicted octanol–water partition coefficient (Wildman–Crippen LogP) is 2.67. The Morgan fingerprint density at radius 2 is 2.12 bits per heavy atom. The zero-order valence-electron chi connectivity index (χ0n) is 15.7. The van der Waals surface area contributed by atoms with Gasteiger partial charge in [0.2, 0.25) is 11.8 Å². The summed E-state index contributed by atoms with van der Waals surface area (Å²) in [4.78, 5) is 26.3. The van der Waals surface area contributed by atoms with Gasteiger partial charge >= 0.3 is 0 Å². The molecule has 0 spiro atoms. The van der Waals surface area contributed by atoms with Crippen LogP contribution >= 0.6 is 0 Å². The average molecular weight is 370 g/mol. The highest BCUT2D eigenvalue weighted by atomic mass is 19.3. The Bertz CT molecular complexity index is 631. The van der Waals surface area contributed by atoms with Crippen molar-refractivity contribution in [1.29, 1.82) is 0 Å². The van der Waals surface area contributed by atoms with E-state index in [1.165, 1.54) is 10.7 Å². The highest BCUT2D eigenvalue weighted by Crippen LogP contribution is 2.18. The fourth-order valence-electron chi connectivity index (χ4n) is 3.04. The number of alkyl halides is 2. The van der Waals surface area contributed by atoms with Crippen LogP contribution < -0.4 is 5.32 Å². The van der Waals surface area contributed by atoms with Gasteiger partial charge in [0.15, 0.2) is 0 Å². The van der Waals surface area contributed by atoms with Gasteiger partial charge in [0, 0.05) is 31.2 Å². The molecular formula is C18H28F2N4O2. The summed E-state index contributed by atoms with van der Waals surface area (Å²) >= 11 is 0. The van der Waals surface area contributed by atoms with Crippen molar-refractivity contribution in [1.82, 2.24) is 20.0 Å². The van der Waals surface area contributed by atoms with Crippen LogP contribution in [-0.4, -0.2) is 45.6 Å². The van der Waals surface area contributed by atoms with E-state index in [0.717, 1.165) is 13.0 Å². The summed E-state index contributed by atoms with van der Waals surface area (Å²) in [5.74, 6) is 0.397. The third-order valence-electron chi connectivity index (χ3n) is 4.67. The number of aryl methyl sites for hydroxylation is 1. The molecule has 1 aliphatic heterocycles. The number of hydrogen-bond acceptors (Lipinski definition) is 3. The van der Waals surface area contributed by atoms with E-state index < -0.39 is 6.43 Å². The lowest BCUT2D eigenvalue weighted by molar-refractivity contribution is -0.131. The van der Waals surface area contributed by atoms with Gasteiger partial charge in [-0.1, -0.05) is 13.8 Å². The Morgan fingerprint density at radius 1 is 1.38 bits per heavy atom. The van der Waals surface area contributed by atoms with E-state index in [9.17, 15) is 18.4 Å². The first kappa shape index (κ1) is 20.3. The molecule has 0 aromatic carbocycles. The number of carbonyl (C=O) groups is 2. The molecule has 1 aromatic heterocycles. The standard InChI is InChI=1S/C18H28F2N4O2/c1-12(2)6-8-23-9-7-14(4-5-17(23)26)21-16(25)11-24-13(3)10-15(22-24)18(19)20/h10,12,14,18H,4-9,11H2,1-3H3,(H,21,25). The molecule has 1 fully saturated rings. The summed E-state index contributed by atoms with van der Waals surface area (Å²) in [5.41, 5.74) is 0.197. The molecule has 6 nitrogen and oxygen atoms in total. The normalized spacial score (nSPS) is 18.5. The van der Waals surface area contributed by atoms with Crippen molar-refractivity contribution >= 4 is 11.8 Å². The fourth-order valence-corrected chi connectivity index (χ4v) is 3.04. The van der Waals surface area contributed by atoms with Crippen molar-refractivity contribution in [3.05, 3.63) is 17.5 Å². The topological polar surface area (TPSA) is 67.2 Å². The molecular weight excluding hydrogens is 342 g/mol. The molecule has 2 amide bonds. The van der Waals surface area contributed by atoms with Crippen LogP contribution in [0.5, 0.6) is 0 Å². The van der Waals surface area contributed by atoms with E-state index >= 15 is 0 Å². The lowest BCUT2D eigenvalue weighted by Gasteiger charge is -2.22. The Labute approximate surface area is 152 Å². The highest BCUT2D eigenvalue weighted by molar-refractivity contribution is 5.78. The number of carbonyl (C=O) groups excluding carboxylic acids is 2. The molecule has 2 rings (SSSR count). The molecule has 1 atom stereocenters. The van der Waals surface area contributed by atoms with Crippen LogP contribution in [0.3, 0.4) is 0 Å². The first-order valence-corrected chi connectivity index (χ1v) is 9.16. The summed E-state index contributed by atoms with van der Waals surface area (Å²) in [6.45, 7) is 7.18. The largest absolute Gasteiger partial charge is 0.352 e. The Morgan fingerprint density at radius 3 is 2.73 bits per heavy atom. The molecule has 8 heteroatoms. The zero-order valence-corrected chi connectivity index (χ0v) is 15.7. The van der Waals surface area contributed by atoms with E-state index in [1.54, 1.807) is 6.92 Å². The first-order valence-electron chi connectivity index (χ1n) is 9.16. The number of likely N-dealkylation sites (tertiary alicyclic amines) is 1. The molecule has 0 radical (unpaired) electrons. The maximum Gasteiger partial charge on any atom is 0.282 e. The van der Waals surface area contributed by atoms with E-state index in [0.29, 0.717) is 37.4 Å². The number of aromatic nitrogens is 2. The number of halogens is 2. The SMILES string of the molecule is Cc1cc(C(F)F)nn1CC(=O)NC1CCC(=O)N(CCC(C)C)CC1. The van der Waals surface area contributed by atoms with Crippen molar-refractivity contribution in [2.75, 3.05) is 13.1 Å². The molecule has 0 bridgehead atoms. The van der Waals surface area contributed by atoms with Gasteiger partial charge in [0.05, 0.1) is 0 Å². The minimum atomic E-state index is -2.65. The van der Waals surface area contributed by atoms with E-state index in [-0.39, 0.29) is 30.1 Å². The van der Waals surface area contributed by atoms with E-state index in [2.05, 4.69) is 24.3 Å². The molecule has 1 N–H and O–H groups in total. The molecule has 1 aliphatic rings. The van der Waals surface area contributed by atoms with Crippen molar-refractivity contribution in [2.24, 2.45) is 5.92 Å². The second-order valence-electron chi connectivity index (χ2n) is 7.32. The van der Waals surface area contributed by atoms with Crippen LogP contribution in [-0.2, 0) is 16.1 Å².